The van der Waals surface area contributed by atoms with Gasteiger partial charge in [-0.3, -0.25) is 0 Å². The van der Waals surface area contributed by atoms with Crippen molar-refractivity contribution in [3.63, 3.8) is 0 Å². The van der Waals surface area contributed by atoms with Crippen molar-refractivity contribution in [2.45, 2.75) is 30.9 Å². The molecule has 8 heteroatoms. The number of amidine groups is 1. The lowest BCUT2D eigenvalue weighted by Gasteiger charge is -2.34. The Morgan fingerprint density at radius 1 is 1.21 bits per heavy atom. The molecule has 2 saturated heterocycles. The van der Waals surface area contributed by atoms with E-state index in [9.17, 15) is 8.42 Å². The molecule has 0 bridgehead atoms. The van der Waals surface area contributed by atoms with Gasteiger partial charge in [0.1, 0.15) is 5.84 Å². The summed E-state index contributed by atoms with van der Waals surface area (Å²) >= 11 is 0. The fourth-order valence-corrected chi connectivity index (χ4v) is 4.60. The smallest absolute Gasteiger partial charge is 0.217 e. The molecule has 2 heterocycles. The van der Waals surface area contributed by atoms with Gasteiger partial charge < -0.3 is 15.7 Å². The van der Waals surface area contributed by atoms with Crippen molar-refractivity contribution < 1.29 is 18.4 Å². The molecule has 0 unspecified atom stereocenters. The fourth-order valence-electron chi connectivity index (χ4n) is 2.67. The van der Waals surface area contributed by atoms with Crippen LogP contribution in [0, 0.1) is 5.92 Å². The molecule has 0 amide bonds. The van der Waals surface area contributed by atoms with Crippen LogP contribution in [-0.4, -0.2) is 55.3 Å². The van der Waals surface area contributed by atoms with Gasteiger partial charge in [0, 0.05) is 32.2 Å². The first-order valence-electron chi connectivity index (χ1n) is 6.60. The van der Waals surface area contributed by atoms with Crippen molar-refractivity contribution in [3.05, 3.63) is 0 Å². The molecule has 0 aromatic heterocycles. The summed E-state index contributed by atoms with van der Waals surface area (Å²) in [5.41, 5.74) is 5.56. The lowest BCUT2D eigenvalue weighted by molar-refractivity contribution is 0.0969. The second-order valence-corrected chi connectivity index (χ2v) is 7.27. The van der Waals surface area contributed by atoms with E-state index in [2.05, 4.69) is 5.16 Å². The van der Waals surface area contributed by atoms with Crippen molar-refractivity contribution in [2.24, 2.45) is 16.8 Å². The summed E-state index contributed by atoms with van der Waals surface area (Å²) in [5, 5.41) is 11.3. The highest BCUT2D eigenvalue weighted by Crippen LogP contribution is 2.25. The van der Waals surface area contributed by atoms with E-state index >= 15 is 0 Å². The standard InChI is InChI=1S/C11H21N3O4S/c12-11(13-15)9-1-5-14(6-2-9)19(16,17)10-3-7-18-8-4-10/h9-10,15H,1-8H2,(H2,12,13). The minimum absolute atomic E-state index is 0.0221. The summed E-state index contributed by atoms with van der Waals surface area (Å²) < 4.78 is 31.6. The van der Waals surface area contributed by atoms with Crippen LogP contribution in [0.15, 0.2) is 5.16 Å². The van der Waals surface area contributed by atoms with E-state index in [1.54, 1.807) is 4.31 Å². The zero-order valence-electron chi connectivity index (χ0n) is 10.9. The first-order chi connectivity index (χ1) is 9.05. The molecule has 0 aliphatic carbocycles. The molecule has 19 heavy (non-hydrogen) atoms. The van der Waals surface area contributed by atoms with Crippen LogP contribution in [0.3, 0.4) is 0 Å². The maximum absolute atomic E-state index is 12.4. The average Bonchev–Trinajstić information content (AvgIpc) is 2.47. The van der Waals surface area contributed by atoms with Crippen molar-refractivity contribution in [2.75, 3.05) is 26.3 Å². The van der Waals surface area contributed by atoms with E-state index in [1.165, 1.54) is 0 Å². The molecule has 0 aromatic rings. The highest BCUT2D eigenvalue weighted by Gasteiger charge is 2.36. The normalized spacial score (nSPS) is 25.6. The summed E-state index contributed by atoms with van der Waals surface area (Å²) in [5.74, 6) is 0.175. The van der Waals surface area contributed by atoms with Crippen LogP contribution < -0.4 is 5.73 Å². The first-order valence-corrected chi connectivity index (χ1v) is 8.10. The third-order valence-electron chi connectivity index (χ3n) is 3.94. The third kappa shape index (κ3) is 3.18. The quantitative estimate of drug-likeness (QED) is 0.328. The van der Waals surface area contributed by atoms with Crippen molar-refractivity contribution in [1.82, 2.24) is 4.31 Å². The number of ether oxygens (including phenoxy) is 1. The van der Waals surface area contributed by atoms with Crippen LogP contribution in [0.4, 0.5) is 0 Å². The molecule has 7 nitrogen and oxygen atoms in total. The van der Waals surface area contributed by atoms with E-state index < -0.39 is 10.0 Å². The maximum Gasteiger partial charge on any atom is 0.217 e. The highest BCUT2D eigenvalue weighted by molar-refractivity contribution is 7.89. The second kappa shape index (κ2) is 6.06. The van der Waals surface area contributed by atoms with Gasteiger partial charge in [-0.15, -0.1) is 0 Å². The van der Waals surface area contributed by atoms with E-state index in [0.717, 1.165) is 0 Å². The van der Waals surface area contributed by atoms with E-state index in [1.807, 2.05) is 0 Å². The number of piperidine rings is 1. The first kappa shape index (κ1) is 14.5. The number of rotatable bonds is 3. The van der Waals surface area contributed by atoms with Gasteiger partial charge in [-0.2, -0.15) is 0 Å². The van der Waals surface area contributed by atoms with Gasteiger partial charge in [-0.05, 0) is 25.7 Å². The molecule has 0 saturated carbocycles. The van der Waals surface area contributed by atoms with E-state index in [0.29, 0.717) is 52.0 Å². The number of sulfonamides is 1. The summed E-state index contributed by atoms with van der Waals surface area (Å²) in [6, 6.07) is 0. The third-order valence-corrected chi connectivity index (χ3v) is 6.34. The van der Waals surface area contributed by atoms with Gasteiger partial charge in [0.15, 0.2) is 0 Å². The Morgan fingerprint density at radius 3 is 2.32 bits per heavy atom. The summed E-state index contributed by atoms with van der Waals surface area (Å²) in [7, 11) is -3.23. The topological polar surface area (TPSA) is 105 Å². The van der Waals surface area contributed by atoms with Crippen LogP contribution in [0.1, 0.15) is 25.7 Å². The molecule has 0 radical (unpaired) electrons. The molecule has 0 aromatic carbocycles. The molecular formula is C11H21N3O4S. The van der Waals surface area contributed by atoms with Crippen LogP contribution in [0.25, 0.3) is 0 Å². The van der Waals surface area contributed by atoms with Crippen molar-refractivity contribution in [3.8, 4) is 0 Å². The van der Waals surface area contributed by atoms with Crippen LogP contribution >= 0.6 is 0 Å². The molecular weight excluding hydrogens is 270 g/mol. The van der Waals surface area contributed by atoms with Crippen molar-refractivity contribution >= 4 is 15.9 Å². The predicted molar refractivity (Wildman–Crippen MR) is 70.5 cm³/mol. The fraction of sp³-hybridized carbons (Fsp3) is 0.909. The highest BCUT2D eigenvalue weighted by atomic mass is 32.2. The number of hydrogen-bond donors (Lipinski definition) is 2. The maximum atomic E-state index is 12.4. The predicted octanol–water partition coefficient (Wildman–Crippen LogP) is -0.0464. The molecule has 0 spiro atoms. The van der Waals surface area contributed by atoms with Gasteiger partial charge in [0.2, 0.25) is 10.0 Å². The SMILES string of the molecule is NC(=NO)C1CCN(S(=O)(=O)C2CCOCC2)CC1. The molecule has 3 N–H and O–H groups in total. The summed E-state index contributed by atoms with van der Waals surface area (Å²) in [4.78, 5) is 0. The summed E-state index contributed by atoms with van der Waals surface area (Å²) in [6.45, 7) is 1.93. The van der Waals surface area contributed by atoms with E-state index in [-0.39, 0.29) is 17.0 Å². The van der Waals surface area contributed by atoms with Gasteiger partial charge in [0.25, 0.3) is 0 Å². The molecule has 2 fully saturated rings. The van der Waals surface area contributed by atoms with Crippen LogP contribution in [-0.2, 0) is 14.8 Å². The Bertz CT molecular complexity index is 423. The number of nitrogens with two attached hydrogens (primary N) is 1. The number of nitrogens with zero attached hydrogens (tertiary/aromatic N) is 2. The van der Waals surface area contributed by atoms with Crippen molar-refractivity contribution in [1.29, 1.82) is 0 Å². The Labute approximate surface area is 113 Å². The minimum Gasteiger partial charge on any atom is -0.409 e. The zero-order chi connectivity index (χ0) is 13.9. The summed E-state index contributed by atoms with van der Waals surface area (Å²) in [6.07, 6.45) is 2.36. The Kier molecular flexibility index (Phi) is 4.64. The monoisotopic (exact) mass is 291 g/mol. The molecule has 2 aliphatic rings. The van der Waals surface area contributed by atoms with Gasteiger partial charge in [0.05, 0.1) is 5.25 Å². The number of hydrogen-bond acceptors (Lipinski definition) is 5. The zero-order valence-corrected chi connectivity index (χ0v) is 11.7. The van der Waals surface area contributed by atoms with Crippen LogP contribution in [0.2, 0.25) is 0 Å². The second-order valence-electron chi connectivity index (χ2n) is 5.05. The minimum atomic E-state index is -3.23. The average molecular weight is 291 g/mol. The molecule has 2 rings (SSSR count). The lowest BCUT2D eigenvalue weighted by Crippen LogP contribution is -2.46. The van der Waals surface area contributed by atoms with E-state index in [4.69, 9.17) is 15.7 Å². The molecule has 110 valence electrons. The largest absolute Gasteiger partial charge is 0.409 e. The lowest BCUT2D eigenvalue weighted by atomic mass is 9.97. The molecule has 2 aliphatic heterocycles. The van der Waals surface area contributed by atoms with Gasteiger partial charge in [-0.25, -0.2) is 12.7 Å². The van der Waals surface area contributed by atoms with Gasteiger partial charge in [-0.1, -0.05) is 5.16 Å². The Hall–Kier alpha value is -0.860. The van der Waals surface area contributed by atoms with Crippen LogP contribution in [0.5, 0.6) is 0 Å². The molecule has 0 atom stereocenters. The number of oxime groups is 1. The Morgan fingerprint density at radius 2 is 1.79 bits per heavy atom. The van der Waals surface area contributed by atoms with Gasteiger partial charge >= 0.3 is 0 Å². The Balaban J connectivity index is 1.96.